The number of hydrogen-bond acceptors (Lipinski definition) is 14. The number of fused-ring (bicyclic) bond motifs is 4. The van der Waals surface area contributed by atoms with Crippen molar-refractivity contribution in [2.24, 2.45) is 11.3 Å². The minimum absolute atomic E-state index is 0.0550. The minimum atomic E-state index is -0.671. The third kappa shape index (κ3) is 21.1. The summed E-state index contributed by atoms with van der Waals surface area (Å²) in [5, 5.41) is 16.1. The average Bonchev–Trinajstić information content (AvgIpc) is 1.64. The quantitative estimate of drug-likeness (QED) is 0.0227. The Morgan fingerprint density at radius 1 is 0.568 bits per heavy atom. The Kier molecular flexibility index (Phi) is 28.0. The largest absolute Gasteiger partial charge is 0.492 e. The van der Waals surface area contributed by atoms with Gasteiger partial charge >= 0.3 is 24.0 Å². The van der Waals surface area contributed by atoms with Gasteiger partial charge in [0.05, 0.1) is 13.2 Å². The molecule has 1 saturated heterocycles. The molecular formula is C95H113N3O13. The Morgan fingerprint density at radius 3 is 1.76 bits per heavy atom. The van der Waals surface area contributed by atoms with E-state index < -0.39 is 24.0 Å². The van der Waals surface area contributed by atoms with Crippen molar-refractivity contribution >= 4 is 35.6 Å². The first kappa shape index (κ1) is 80.7. The van der Waals surface area contributed by atoms with E-state index in [1.807, 2.05) is 97.9 Å². The molecule has 0 bridgehead atoms. The van der Waals surface area contributed by atoms with Crippen molar-refractivity contribution in [2.45, 2.75) is 207 Å². The fourth-order valence-electron chi connectivity index (χ4n) is 16.3. The predicted octanol–water partition coefficient (Wildman–Crippen LogP) is 19.6. The number of rotatable bonds is 29. The lowest BCUT2D eigenvalue weighted by Crippen LogP contribution is -2.33. The highest BCUT2D eigenvalue weighted by Crippen LogP contribution is 2.46. The number of aliphatic hydroxyl groups is 1. The van der Waals surface area contributed by atoms with Crippen LogP contribution in [0.5, 0.6) is 34.5 Å². The van der Waals surface area contributed by atoms with E-state index in [2.05, 4.69) is 125 Å². The van der Waals surface area contributed by atoms with Crippen LogP contribution in [0.1, 0.15) is 257 Å². The maximum Gasteiger partial charge on any atom is 0.412 e. The Bertz CT molecular complexity index is 4480. The molecule has 2 amide bonds. The number of benzene rings is 8. The van der Waals surface area contributed by atoms with Gasteiger partial charge in [-0.05, 0) is 219 Å². The smallest absolute Gasteiger partial charge is 0.412 e. The van der Waals surface area contributed by atoms with Gasteiger partial charge in [-0.15, -0.1) is 0 Å². The predicted molar refractivity (Wildman–Crippen MR) is 436 cm³/mol. The van der Waals surface area contributed by atoms with Gasteiger partial charge in [0.1, 0.15) is 65.0 Å². The standard InChI is InChI=1S/C47H56N2O6.C28H36O5.C20H21NO2/c1-6-8-10-32-12-22-41-38(26-32)40(30-53-41)34-14-16-36(17-15-34)44(50)48-25-24-47(4,5)28-31(3)29-49-46(52)54-37-20-18-35(19-21-37)43-39-27-33(11-9-7-2)13-23-42(39)55-45(43)51;1-3-4-14-31-17-23(29)18-32-25-12-11-22(15-19(25)2)27-24-16-21(20-8-6-5-7-9-20)10-13-26(24)33-28(27)30;1-14-5-7-15(8-6-14)19-17-13-16(21-11-3-2-4-12-21)9-10-18(17)23-20(19)22/h12-23,26-27,31,40,43H,6-11,24-25,28-30H2,1-5H3,(H,48,50)(H,49,52);10-13,15-16,20,23,27,29H,3-9,14,17-18H2,1-2H3;5-10,13,19H,2-4,11-12H2,1H3. The van der Waals surface area contributed by atoms with Crippen molar-refractivity contribution in [2.75, 3.05) is 57.5 Å². The number of nitrogens with zero attached hydrogens (tertiary/aromatic N) is 1. The van der Waals surface area contributed by atoms with E-state index in [1.54, 1.807) is 12.1 Å². The molecule has 6 aliphatic rings. The zero-order chi connectivity index (χ0) is 78.0. The lowest BCUT2D eigenvalue weighted by Gasteiger charge is -2.29. The summed E-state index contributed by atoms with van der Waals surface area (Å²) in [6, 6.07) is 53.9. The molecule has 111 heavy (non-hydrogen) atoms. The molecule has 0 aromatic heterocycles. The SMILES string of the molecule is CCCCOCC(O)COc1ccc(C2C(=O)Oc3ccc(C4CCCCC4)cc32)cc1C.CCCCc1ccc2c(c1)C(c1ccc(C(=O)NCCC(C)(C)CC(C)CNC(=O)Oc3ccc(C4C(=O)Oc5ccc(CCCC)cc54)cc3)cc1)CO2.Cc1ccc(C2C(=O)Oc3ccc(N4CCCCC4)cc32)cc1. The molecular weight excluding hydrogens is 1390 g/mol. The Balaban J connectivity index is 0.000000172. The van der Waals surface area contributed by atoms with Gasteiger partial charge in [0.15, 0.2) is 0 Å². The molecule has 1 aliphatic carbocycles. The van der Waals surface area contributed by atoms with Gasteiger partial charge < -0.3 is 53.8 Å². The number of aliphatic hydroxyl groups excluding tert-OH is 1. The highest BCUT2D eigenvalue weighted by atomic mass is 16.6. The van der Waals surface area contributed by atoms with Crippen LogP contribution in [0.4, 0.5) is 10.5 Å². The molecule has 8 aromatic rings. The van der Waals surface area contributed by atoms with Crippen LogP contribution in [-0.4, -0.2) is 93.7 Å². The van der Waals surface area contributed by atoms with Crippen molar-refractivity contribution < 1.29 is 62.2 Å². The summed E-state index contributed by atoms with van der Waals surface area (Å²) < 4.78 is 39.5. The normalized spacial score (nSPS) is 18.1. The van der Waals surface area contributed by atoms with Gasteiger partial charge in [-0.1, -0.05) is 183 Å². The summed E-state index contributed by atoms with van der Waals surface area (Å²) in [5.41, 5.74) is 15.7. The zero-order valence-corrected chi connectivity index (χ0v) is 66.3. The van der Waals surface area contributed by atoms with Crippen LogP contribution in [0.15, 0.2) is 164 Å². The molecule has 0 spiro atoms. The second-order valence-corrected chi connectivity index (χ2v) is 32.0. The molecule has 16 nitrogen and oxygen atoms in total. The third-order valence-corrected chi connectivity index (χ3v) is 22.6. The van der Waals surface area contributed by atoms with Gasteiger partial charge in [0.2, 0.25) is 0 Å². The number of anilines is 1. The van der Waals surface area contributed by atoms with Crippen LogP contribution in [0.2, 0.25) is 0 Å². The summed E-state index contributed by atoms with van der Waals surface area (Å²) in [6.45, 7) is 21.9. The molecule has 2 fully saturated rings. The van der Waals surface area contributed by atoms with Crippen LogP contribution < -0.4 is 44.0 Å². The first-order valence-corrected chi connectivity index (χ1v) is 40.9. The van der Waals surface area contributed by atoms with Crippen LogP contribution >= 0.6 is 0 Å². The zero-order valence-electron chi connectivity index (χ0n) is 66.3. The third-order valence-electron chi connectivity index (χ3n) is 22.6. The van der Waals surface area contributed by atoms with Crippen molar-refractivity contribution in [3.63, 3.8) is 0 Å². The monoisotopic (exact) mass is 1500 g/mol. The van der Waals surface area contributed by atoms with Gasteiger partial charge in [0.25, 0.3) is 5.91 Å². The van der Waals surface area contributed by atoms with Crippen LogP contribution in [-0.2, 0) is 32.0 Å². The number of carbonyl (C=O) groups excluding carboxylic acids is 5. The van der Waals surface area contributed by atoms with E-state index >= 15 is 0 Å². The number of unbranched alkanes of at least 4 members (excludes halogenated alkanes) is 3. The average molecular weight is 1500 g/mol. The molecule has 586 valence electrons. The van der Waals surface area contributed by atoms with Crippen molar-refractivity contribution in [1.82, 2.24) is 10.6 Å². The summed E-state index contributed by atoms with van der Waals surface area (Å²) in [6.07, 6.45) is 19.2. The second kappa shape index (κ2) is 38.4. The summed E-state index contributed by atoms with van der Waals surface area (Å²) in [4.78, 5) is 66.1. The maximum atomic E-state index is 13.0. The maximum absolute atomic E-state index is 13.0. The van der Waals surface area contributed by atoms with Crippen LogP contribution in [0.25, 0.3) is 0 Å². The number of aryl methyl sites for hydroxylation is 4. The molecule has 1 saturated carbocycles. The van der Waals surface area contributed by atoms with Crippen molar-refractivity contribution in [1.29, 1.82) is 0 Å². The molecule has 3 N–H and O–H groups in total. The Morgan fingerprint density at radius 2 is 1.12 bits per heavy atom. The van der Waals surface area contributed by atoms with Gasteiger partial charge in [0, 0.05) is 72.2 Å². The van der Waals surface area contributed by atoms with Crippen molar-refractivity contribution in [3.8, 4) is 34.5 Å². The van der Waals surface area contributed by atoms with Gasteiger partial charge in [-0.3, -0.25) is 19.2 Å². The fraction of sp³-hybridized carbons (Fsp3) is 0.442. The summed E-state index contributed by atoms with van der Waals surface area (Å²) >= 11 is 0. The van der Waals surface area contributed by atoms with Crippen LogP contribution in [0.3, 0.4) is 0 Å². The lowest BCUT2D eigenvalue weighted by molar-refractivity contribution is -0.134. The number of hydrogen-bond donors (Lipinski definition) is 3. The fourth-order valence-corrected chi connectivity index (χ4v) is 16.3. The molecule has 0 radical (unpaired) electrons. The number of ether oxygens (including phenoxy) is 7. The first-order chi connectivity index (χ1) is 53.8. The lowest BCUT2D eigenvalue weighted by atomic mass is 9.80. The second-order valence-electron chi connectivity index (χ2n) is 32.0. The van der Waals surface area contributed by atoms with E-state index in [4.69, 9.17) is 33.2 Å². The number of esters is 3. The highest BCUT2D eigenvalue weighted by Gasteiger charge is 2.39. The molecule has 5 aliphatic heterocycles. The minimum Gasteiger partial charge on any atom is -0.492 e. The van der Waals surface area contributed by atoms with Gasteiger partial charge in [-0.2, -0.15) is 0 Å². The number of carbonyl (C=O) groups is 5. The number of nitrogens with one attached hydrogen (secondary N) is 2. The topological polar surface area (TPSA) is 197 Å². The van der Waals surface area contributed by atoms with E-state index in [1.165, 1.54) is 97.7 Å². The Hall–Kier alpha value is -9.77. The number of amides is 2. The van der Waals surface area contributed by atoms with E-state index in [-0.39, 0.29) is 60.2 Å². The molecule has 16 heteroatoms. The van der Waals surface area contributed by atoms with Gasteiger partial charge in [-0.25, -0.2) is 4.79 Å². The van der Waals surface area contributed by atoms with Crippen molar-refractivity contribution in [3.05, 3.63) is 242 Å². The first-order valence-electron chi connectivity index (χ1n) is 40.9. The summed E-state index contributed by atoms with van der Waals surface area (Å²) in [5.74, 6) is 3.03. The molecule has 5 heterocycles. The molecule has 6 unspecified atom stereocenters. The van der Waals surface area contributed by atoms with E-state index in [0.717, 1.165) is 115 Å². The number of piperidine rings is 1. The molecule has 6 atom stereocenters. The molecule has 14 rings (SSSR count). The highest BCUT2D eigenvalue weighted by molar-refractivity contribution is 5.94. The molecule has 8 aromatic carbocycles. The summed E-state index contributed by atoms with van der Waals surface area (Å²) in [7, 11) is 0. The van der Waals surface area contributed by atoms with E-state index in [0.29, 0.717) is 66.5 Å². The Labute approximate surface area is 656 Å². The van der Waals surface area contributed by atoms with Crippen LogP contribution in [0, 0.1) is 25.2 Å². The van der Waals surface area contributed by atoms with E-state index in [9.17, 15) is 29.1 Å².